The number of nitrogens with zero attached hydrogens (tertiary/aromatic N) is 3. The lowest BCUT2D eigenvalue weighted by Gasteiger charge is -2.25. The molecule has 0 unspecified atom stereocenters. The van der Waals surface area contributed by atoms with Gasteiger partial charge in [-0.2, -0.15) is 0 Å². The molecular weight excluding hydrogens is 358 g/mol. The number of pyridine rings is 1. The van der Waals surface area contributed by atoms with E-state index in [1.807, 2.05) is 25.7 Å². The van der Waals surface area contributed by atoms with Crippen LogP contribution in [-0.2, 0) is 34.0 Å². The van der Waals surface area contributed by atoms with Crippen LogP contribution in [0.15, 0.2) is 0 Å². The van der Waals surface area contributed by atoms with Gasteiger partial charge in [-0.1, -0.05) is 0 Å². The molecule has 1 aromatic rings. The molecule has 1 aromatic heterocycles. The predicted octanol–water partition coefficient (Wildman–Crippen LogP) is 2.94. The highest BCUT2D eigenvalue weighted by molar-refractivity contribution is 5.81. The number of methoxy groups -OCH3 is 1. The number of amides is 2. The average Bonchev–Trinajstić information content (AvgIpc) is 3.25. The van der Waals surface area contributed by atoms with E-state index in [4.69, 9.17) is 14.5 Å². The molecule has 0 aromatic carbocycles. The number of likely N-dealkylation sites (tertiary alicyclic amines) is 1. The molecule has 2 aliphatic heterocycles. The van der Waals surface area contributed by atoms with Gasteiger partial charge in [-0.3, -0.25) is 9.78 Å². The predicted molar refractivity (Wildman–Crippen MR) is 105 cm³/mol. The summed E-state index contributed by atoms with van der Waals surface area (Å²) in [5.41, 5.74) is 4.83. The van der Waals surface area contributed by atoms with E-state index in [9.17, 15) is 9.59 Å². The average molecular weight is 389 g/mol. The zero-order chi connectivity index (χ0) is 20.6. The number of fused-ring (bicyclic) bond motifs is 1. The van der Waals surface area contributed by atoms with E-state index in [1.165, 1.54) is 5.56 Å². The van der Waals surface area contributed by atoms with Gasteiger partial charge in [0.05, 0.1) is 30.5 Å². The molecule has 2 amide bonds. The van der Waals surface area contributed by atoms with Crippen LogP contribution in [-0.4, -0.2) is 52.6 Å². The molecule has 28 heavy (non-hydrogen) atoms. The van der Waals surface area contributed by atoms with Crippen molar-refractivity contribution in [1.82, 2.24) is 14.8 Å². The molecule has 1 atom stereocenters. The molecule has 154 valence electrons. The summed E-state index contributed by atoms with van der Waals surface area (Å²) in [4.78, 5) is 33.6. The Morgan fingerprint density at radius 3 is 2.50 bits per heavy atom. The Balaban J connectivity index is 1.66. The molecule has 0 spiro atoms. The molecule has 0 saturated carbocycles. The third-order valence-corrected chi connectivity index (χ3v) is 5.54. The zero-order valence-electron chi connectivity index (χ0n) is 17.8. The van der Waals surface area contributed by atoms with E-state index in [0.717, 1.165) is 22.5 Å². The Labute approximate surface area is 167 Å². The van der Waals surface area contributed by atoms with Gasteiger partial charge in [0.1, 0.15) is 5.60 Å². The summed E-state index contributed by atoms with van der Waals surface area (Å²) in [6, 6.07) is 0. The number of hydrogen-bond donors (Lipinski definition) is 0. The summed E-state index contributed by atoms with van der Waals surface area (Å²) in [5.74, 6) is -0.0870. The maximum atomic E-state index is 13.1. The van der Waals surface area contributed by atoms with Crippen LogP contribution in [0.3, 0.4) is 0 Å². The van der Waals surface area contributed by atoms with Crippen LogP contribution in [0.1, 0.15) is 55.3 Å². The smallest absolute Gasteiger partial charge is 0.410 e. The first-order chi connectivity index (χ1) is 13.1. The summed E-state index contributed by atoms with van der Waals surface area (Å²) in [5, 5.41) is 0. The van der Waals surface area contributed by atoms with Crippen LogP contribution >= 0.6 is 0 Å². The molecule has 1 saturated heterocycles. The van der Waals surface area contributed by atoms with Gasteiger partial charge in [0.15, 0.2) is 0 Å². The molecule has 7 nitrogen and oxygen atoms in total. The summed E-state index contributed by atoms with van der Waals surface area (Å²) in [6.45, 7) is 12.2. The van der Waals surface area contributed by atoms with Crippen LogP contribution in [0.2, 0.25) is 0 Å². The highest BCUT2D eigenvalue weighted by atomic mass is 16.6. The molecule has 3 rings (SSSR count). The number of hydrogen-bond acceptors (Lipinski definition) is 5. The van der Waals surface area contributed by atoms with Gasteiger partial charge in [0, 0.05) is 26.7 Å². The zero-order valence-corrected chi connectivity index (χ0v) is 17.8. The Hall–Kier alpha value is -2.15. The quantitative estimate of drug-likeness (QED) is 0.795. The second-order valence-electron chi connectivity index (χ2n) is 8.77. The van der Waals surface area contributed by atoms with E-state index in [2.05, 4.69) is 13.8 Å². The molecule has 2 aliphatic rings. The number of carbonyl (C=O) groups excluding carboxylic acids is 2. The van der Waals surface area contributed by atoms with Crippen molar-refractivity contribution in [3.05, 3.63) is 28.1 Å². The minimum absolute atomic E-state index is 0.0920. The first-order valence-electron chi connectivity index (χ1n) is 9.84. The van der Waals surface area contributed by atoms with Crippen LogP contribution in [0.25, 0.3) is 0 Å². The summed E-state index contributed by atoms with van der Waals surface area (Å²) < 4.78 is 10.7. The van der Waals surface area contributed by atoms with Gasteiger partial charge in [-0.25, -0.2) is 4.79 Å². The summed E-state index contributed by atoms with van der Waals surface area (Å²) >= 11 is 0. The minimum Gasteiger partial charge on any atom is -0.444 e. The van der Waals surface area contributed by atoms with Gasteiger partial charge in [0.25, 0.3) is 0 Å². The number of carbonyl (C=O) groups is 2. The highest BCUT2D eigenvalue weighted by Crippen LogP contribution is 2.31. The molecule has 0 radical (unpaired) electrons. The topological polar surface area (TPSA) is 72.0 Å². The van der Waals surface area contributed by atoms with Crippen LogP contribution < -0.4 is 0 Å². The van der Waals surface area contributed by atoms with Crippen molar-refractivity contribution < 1.29 is 19.1 Å². The summed E-state index contributed by atoms with van der Waals surface area (Å²) in [6.07, 6.45) is 0.329. The molecule has 1 fully saturated rings. The largest absolute Gasteiger partial charge is 0.444 e. The van der Waals surface area contributed by atoms with Gasteiger partial charge in [0.2, 0.25) is 5.91 Å². The molecular formula is C21H31N3O4. The van der Waals surface area contributed by atoms with Crippen molar-refractivity contribution in [2.45, 2.75) is 66.3 Å². The van der Waals surface area contributed by atoms with Crippen molar-refractivity contribution >= 4 is 12.0 Å². The lowest BCUT2D eigenvalue weighted by molar-refractivity contribution is -0.135. The molecule has 0 bridgehead atoms. The lowest BCUT2D eigenvalue weighted by atomic mass is 10.0. The second-order valence-corrected chi connectivity index (χ2v) is 8.77. The summed E-state index contributed by atoms with van der Waals surface area (Å²) in [7, 11) is 1.66. The first kappa shape index (κ1) is 20.6. The van der Waals surface area contributed by atoms with E-state index >= 15 is 0 Å². The standard InChI is InChI=1S/C21H31N3O4/c1-13-14(2)18(12-27-6)22-17-11-24(10-16(13)17)19(25)15-7-8-23(9-15)20(26)28-21(3,4)5/h15H,7-12H2,1-6H3/t15-/m1/s1. The number of ether oxygens (including phenoxy) is 2. The van der Waals surface area contributed by atoms with Crippen molar-refractivity contribution in [2.24, 2.45) is 5.92 Å². The fraction of sp³-hybridized carbons (Fsp3) is 0.667. The van der Waals surface area contributed by atoms with Crippen molar-refractivity contribution in [2.75, 3.05) is 20.2 Å². The van der Waals surface area contributed by atoms with Crippen molar-refractivity contribution in [3.63, 3.8) is 0 Å². The Kier molecular flexibility index (Phi) is 5.66. The second kappa shape index (κ2) is 7.70. The van der Waals surface area contributed by atoms with E-state index in [-0.39, 0.29) is 17.9 Å². The van der Waals surface area contributed by atoms with Gasteiger partial charge in [-0.15, -0.1) is 0 Å². The van der Waals surface area contributed by atoms with E-state index < -0.39 is 5.60 Å². The maximum absolute atomic E-state index is 13.1. The van der Waals surface area contributed by atoms with Crippen molar-refractivity contribution in [1.29, 1.82) is 0 Å². The van der Waals surface area contributed by atoms with Crippen LogP contribution in [0, 0.1) is 19.8 Å². The Morgan fingerprint density at radius 2 is 1.86 bits per heavy atom. The van der Waals surface area contributed by atoms with Gasteiger partial charge < -0.3 is 19.3 Å². The number of aromatic nitrogens is 1. The maximum Gasteiger partial charge on any atom is 0.410 e. The lowest BCUT2D eigenvalue weighted by Crippen LogP contribution is -2.37. The first-order valence-corrected chi connectivity index (χ1v) is 9.84. The normalized spacial score (nSPS) is 19.1. The number of rotatable bonds is 3. The van der Waals surface area contributed by atoms with E-state index in [1.54, 1.807) is 12.0 Å². The molecule has 3 heterocycles. The fourth-order valence-corrected chi connectivity index (χ4v) is 3.89. The van der Waals surface area contributed by atoms with Gasteiger partial charge in [-0.05, 0) is 57.7 Å². The third-order valence-electron chi connectivity index (χ3n) is 5.54. The molecule has 0 aliphatic carbocycles. The molecule has 7 heteroatoms. The molecule has 0 N–H and O–H groups in total. The minimum atomic E-state index is -0.531. The monoisotopic (exact) mass is 389 g/mol. The van der Waals surface area contributed by atoms with Crippen LogP contribution in [0.4, 0.5) is 4.79 Å². The highest BCUT2D eigenvalue weighted by Gasteiger charge is 2.37. The van der Waals surface area contributed by atoms with Gasteiger partial charge >= 0.3 is 6.09 Å². The third kappa shape index (κ3) is 4.14. The SMILES string of the molecule is COCc1nc2c(c(C)c1C)CN(C(=O)[C@@H]1CCN(C(=O)OC(C)(C)C)C1)C2. The van der Waals surface area contributed by atoms with E-state index in [0.29, 0.717) is 39.2 Å². The fourth-order valence-electron chi connectivity index (χ4n) is 3.89. The van der Waals surface area contributed by atoms with Crippen LogP contribution in [0.5, 0.6) is 0 Å². The van der Waals surface area contributed by atoms with Crippen molar-refractivity contribution in [3.8, 4) is 0 Å². The Morgan fingerprint density at radius 1 is 1.14 bits per heavy atom. The Bertz CT molecular complexity index is 785.